The average molecular weight is 324 g/mol. The molecule has 0 heterocycles. The predicted molar refractivity (Wildman–Crippen MR) is 94.2 cm³/mol. The summed E-state index contributed by atoms with van der Waals surface area (Å²) in [5.74, 6) is -0.494. The zero-order valence-electron chi connectivity index (χ0n) is 13.8. The van der Waals surface area contributed by atoms with Crippen LogP contribution >= 0.6 is 0 Å². The Balaban J connectivity index is 2.37. The Hall–Kier alpha value is -2.95. The van der Waals surface area contributed by atoms with Crippen molar-refractivity contribution in [3.8, 4) is 0 Å². The lowest BCUT2D eigenvalue weighted by Gasteiger charge is -2.13. The summed E-state index contributed by atoms with van der Waals surface area (Å²) in [6, 6.07) is 13.8. The fourth-order valence-electron chi connectivity index (χ4n) is 2.13. The molecule has 0 aliphatic heterocycles. The third-order valence-corrected chi connectivity index (χ3v) is 3.51. The van der Waals surface area contributed by atoms with E-state index in [1.165, 1.54) is 0 Å². The molecule has 5 nitrogen and oxygen atoms in total. The Bertz CT molecular complexity index is 754. The molecule has 0 saturated carbocycles. The van der Waals surface area contributed by atoms with E-state index < -0.39 is 0 Å². The Labute approximate surface area is 141 Å². The molecule has 5 heteroatoms. The second kappa shape index (κ2) is 8.06. The zero-order valence-corrected chi connectivity index (χ0v) is 13.8. The van der Waals surface area contributed by atoms with Gasteiger partial charge in [-0.3, -0.25) is 14.4 Å². The molecule has 0 aliphatic carbocycles. The van der Waals surface area contributed by atoms with Gasteiger partial charge >= 0.3 is 0 Å². The van der Waals surface area contributed by atoms with Crippen molar-refractivity contribution >= 4 is 29.0 Å². The first kappa shape index (κ1) is 17.4. The van der Waals surface area contributed by atoms with Crippen LogP contribution in [0.3, 0.4) is 0 Å². The van der Waals surface area contributed by atoms with E-state index in [0.29, 0.717) is 35.3 Å². The number of ketones is 1. The van der Waals surface area contributed by atoms with E-state index in [0.717, 1.165) is 0 Å². The molecular formula is C19H20N2O3. The maximum atomic E-state index is 12.5. The summed E-state index contributed by atoms with van der Waals surface area (Å²) in [6.07, 6.45) is 0.629. The van der Waals surface area contributed by atoms with Crippen LogP contribution in [0.4, 0.5) is 11.4 Å². The highest BCUT2D eigenvalue weighted by Crippen LogP contribution is 2.25. The van der Waals surface area contributed by atoms with Crippen LogP contribution in [0.15, 0.2) is 48.5 Å². The quantitative estimate of drug-likeness (QED) is 0.797. The van der Waals surface area contributed by atoms with Gasteiger partial charge in [0.2, 0.25) is 11.8 Å². The highest BCUT2D eigenvalue weighted by atomic mass is 16.2. The molecule has 0 fully saturated rings. The Kier molecular flexibility index (Phi) is 5.84. The number of amides is 2. The van der Waals surface area contributed by atoms with Crippen LogP contribution in [0.2, 0.25) is 0 Å². The average Bonchev–Trinajstić information content (AvgIpc) is 2.62. The van der Waals surface area contributed by atoms with Crippen molar-refractivity contribution in [1.82, 2.24) is 0 Å². The summed E-state index contributed by atoms with van der Waals surface area (Å²) in [5.41, 5.74) is 1.91. The summed E-state index contributed by atoms with van der Waals surface area (Å²) in [7, 11) is 0. The summed E-state index contributed by atoms with van der Waals surface area (Å²) < 4.78 is 0. The van der Waals surface area contributed by atoms with E-state index in [4.69, 9.17) is 0 Å². The standard InChI is InChI=1S/C19H20N2O3/c1-3-17(22)20-15-11-10-14(12-16(15)21-18(23)4-2)19(24)13-8-6-5-7-9-13/h5-12H,3-4H2,1-2H3,(H,20,22)(H,21,23). The van der Waals surface area contributed by atoms with Gasteiger partial charge in [0, 0.05) is 24.0 Å². The van der Waals surface area contributed by atoms with Crippen LogP contribution in [-0.4, -0.2) is 17.6 Å². The van der Waals surface area contributed by atoms with Crippen LogP contribution in [0.1, 0.15) is 42.6 Å². The van der Waals surface area contributed by atoms with Crippen molar-refractivity contribution in [2.75, 3.05) is 10.6 Å². The molecule has 0 radical (unpaired) electrons. The van der Waals surface area contributed by atoms with Gasteiger partial charge in [0.25, 0.3) is 0 Å². The molecule has 2 aromatic carbocycles. The van der Waals surface area contributed by atoms with Gasteiger partial charge in [-0.05, 0) is 18.2 Å². The van der Waals surface area contributed by atoms with Crippen molar-refractivity contribution in [2.24, 2.45) is 0 Å². The van der Waals surface area contributed by atoms with Gasteiger partial charge < -0.3 is 10.6 Å². The number of anilines is 2. The number of benzene rings is 2. The summed E-state index contributed by atoms with van der Waals surface area (Å²) >= 11 is 0. The van der Waals surface area contributed by atoms with E-state index in [-0.39, 0.29) is 17.6 Å². The number of hydrogen-bond acceptors (Lipinski definition) is 3. The van der Waals surface area contributed by atoms with Gasteiger partial charge in [-0.15, -0.1) is 0 Å². The Morgan fingerprint density at radius 2 is 1.33 bits per heavy atom. The van der Waals surface area contributed by atoms with Crippen molar-refractivity contribution in [3.05, 3.63) is 59.7 Å². The largest absolute Gasteiger partial charge is 0.324 e. The van der Waals surface area contributed by atoms with Crippen LogP contribution < -0.4 is 10.6 Å². The molecule has 0 spiro atoms. The molecule has 0 aliphatic rings. The minimum Gasteiger partial charge on any atom is -0.324 e. The SMILES string of the molecule is CCC(=O)Nc1ccc(C(=O)c2ccccc2)cc1NC(=O)CC. The second-order valence-corrected chi connectivity index (χ2v) is 5.26. The van der Waals surface area contributed by atoms with Crippen molar-refractivity contribution in [1.29, 1.82) is 0 Å². The maximum Gasteiger partial charge on any atom is 0.224 e. The van der Waals surface area contributed by atoms with Crippen LogP contribution in [-0.2, 0) is 9.59 Å². The maximum absolute atomic E-state index is 12.5. The molecule has 24 heavy (non-hydrogen) atoms. The molecule has 0 bridgehead atoms. The molecule has 2 N–H and O–H groups in total. The normalized spacial score (nSPS) is 10.1. The van der Waals surface area contributed by atoms with Crippen molar-refractivity contribution in [2.45, 2.75) is 26.7 Å². The second-order valence-electron chi connectivity index (χ2n) is 5.26. The number of rotatable bonds is 6. The molecule has 0 aromatic heterocycles. The van der Waals surface area contributed by atoms with Crippen LogP contribution in [0, 0.1) is 0 Å². The smallest absolute Gasteiger partial charge is 0.224 e. The van der Waals surface area contributed by atoms with Gasteiger partial charge in [-0.1, -0.05) is 44.2 Å². The molecule has 0 atom stereocenters. The molecule has 0 saturated heterocycles. The van der Waals surface area contributed by atoms with E-state index in [1.807, 2.05) is 6.07 Å². The van der Waals surface area contributed by atoms with Gasteiger partial charge in [-0.2, -0.15) is 0 Å². The summed E-state index contributed by atoms with van der Waals surface area (Å²) in [6.45, 7) is 3.48. The van der Waals surface area contributed by atoms with Crippen molar-refractivity contribution < 1.29 is 14.4 Å². The van der Waals surface area contributed by atoms with Crippen LogP contribution in [0.25, 0.3) is 0 Å². The van der Waals surface area contributed by atoms with Crippen LogP contribution in [0.5, 0.6) is 0 Å². The number of hydrogen-bond donors (Lipinski definition) is 2. The highest BCUT2D eigenvalue weighted by molar-refractivity contribution is 6.11. The lowest BCUT2D eigenvalue weighted by molar-refractivity contribution is -0.116. The van der Waals surface area contributed by atoms with Gasteiger partial charge in [-0.25, -0.2) is 0 Å². The first-order valence-corrected chi connectivity index (χ1v) is 7.88. The lowest BCUT2D eigenvalue weighted by Crippen LogP contribution is -2.16. The first-order chi connectivity index (χ1) is 11.5. The fraction of sp³-hybridized carbons (Fsp3) is 0.211. The molecule has 2 rings (SSSR count). The first-order valence-electron chi connectivity index (χ1n) is 7.88. The van der Waals surface area contributed by atoms with Gasteiger partial charge in [0.1, 0.15) is 0 Å². The van der Waals surface area contributed by atoms with Gasteiger partial charge in [0.05, 0.1) is 11.4 Å². The van der Waals surface area contributed by atoms with Gasteiger partial charge in [0.15, 0.2) is 5.78 Å². The Morgan fingerprint density at radius 1 is 0.750 bits per heavy atom. The monoisotopic (exact) mass is 324 g/mol. The molecule has 2 aromatic rings. The Morgan fingerprint density at radius 3 is 1.92 bits per heavy atom. The minimum absolute atomic E-state index is 0.143. The van der Waals surface area contributed by atoms with E-state index in [9.17, 15) is 14.4 Å². The topological polar surface area (TPSA) is 75.3 Å². The number of carbonyl (C=O) groups excluding carboxylic acids is 3. The molecule has 124 valence electrons. The molecule has 2 amide bonds. The summed E-state index contributed by atoms with van der Waals surface area (Å²) in [5, 5.41) is 5.46. The zero-order chi connectivity index (χ0) is 17.5. The fourth-order valence-corrected chi connectivity index (χ4v) is 2.13. The van der Waals surface area contributed by atoms with E-state index in [2.05, 4.69) is 10.6 Å². The summed E-state index contributed by atoms with van der Waals surface area (Å²) in [4.78, 5) is 35.9. The number of carbonyl (C=O) groups is 3. The number of nitrogens with one attached hydrogen (secondary N) is 2. The lowest BCUT2D eigenvalue weighted by atomic mass is 10.0. The predicted octanol–water partition coefficient (Wildman–Crippen LogP) is 3.61. The highest BCUT2D eigenvalue weighted by Gasteiger charge is 2.14. The van der Waals surface area contributed by atoms with Crippen molar-refractivity contribution in [3.63, 3.8) is 0 Å². The third-order valence-electron chi connectivity index (χ3n) is 3.51. The van der Waals surface area contributed by atoms with E-state index in [1.54, 1.807) is 56.3 Å². The molecule has 0 unspecified atom stereocenters. The van der Waals surface area contributed by atoms with E-state index >= 15 is 0 Å². The molecular weight excluding hydrogens is 304 g/mol. The third kappa shape index (κ3) is 4.29. The minimum atomic E-state index is -0.189.